The average Bonchev–Trinajstić information content (AvgIpc) is 2.59. The van der Waals surface area contributed by atoms with Crippen LogP contribution in [0, 0.1) is 0 Å². The fraction of sp³-hybridized carbons (Fsp3) is 0. The van der Waals surface area contributed by atoms with Crippen LogP contribution in [-0.2, 0) is 0 Å². The summed E-state index contributed by atoms with van der Waals surface area (Å²) in [6.07, 6.45) is 0. The molecule has 0 bridgehead atoms. The predicted octanol–water partition coefficient (Wildman–Crippen LogP) is -0.0641. The summed E-state index contributed by atoms with van der Waals surface area (Å²) in [5.74, 6) is 0. The van der Waals surface area contributed by atoms with Crippen LogP contribution in [0.15, 0.2) is 91.0 Å². The van der Waals surface area contributed by atoms with E-state index in [1.165, 1.54) is 15.9 Å². The first-order valence-corrected chi connectivity index (χ1v) is 8.66. The van der Waals surface area contributed by atoms with Gasteiger partial charge < -0.3 is 12.4 Å². The van der Waals surface area contributed by atoms with Crippen LogP contribution < -0.4 is 32.7 Å². The van der Waals surface area contributed by atoms with E-state index in [0.717, 1.165) is 0 Å². The van der Waals surface area contributed by atoms with E-state index in [9.17, 15) is 0 Å². The van der Waals surface area contributed by atoms with Gasteiger partial charge >= 0.3 is 7.05 Å². The molecule has 110 valence electrons. The van der Waals surface area contributed by atoms with E-state index in [-0.39, 0.29) is 12.4 Å². The van der Waals surface area contributed by atoms with Crippen LogP contribution in [0.5, 0.6) is 0 Å². The van der Waals surface area contributed by atoms with Crippen LogP contribution in [-0.4, -0.2) is 6.72 Å². The summed E-state index contributed by atoms with van der Waals surface area (Å²) in [4.78, 5) is 0. The van der Waals surface area contributed by atoms with Crippen LogP contribution in [0.25, 0.3) is 0 Å². The first-order chi connectivity index (χ1) is 10.4. The Morgan fingerprint density at radius 3 is 1.05 bits per heavy atom. The van der Waals surface area contributed by atoms with Gasteiger partial charge in [0.2, 0.25) is 0 Å². The number of rotatable bonds is 3. The van der Waals surface area contributed by atoms with Crippen LogP contribution in [0.3, 0.4) is 0 Å². The molecule has 0 spiro atoms. The lowest BCUT2D eigenvalue weighted by Gasteiger charge is -2.14. The van der Waals surface area contributed by atoms with Crippen molar-refractivity contribution in [1.29, 1.82) is 0 Å². The second kappa shape index (κ2) is 7.29. The normalized spacial score (nSPS) is 10.4. The van der Waals surface area contributed by atoms with E-state index >= 15 is 0 Å². The third-order valence-electron chi connectivity index (χ3n) is 3.60. The van der Waals surface area contributed by atoms with E-state index in [2.05, 4.69) is 79.5 Å². The maximum Gasteiger partial charge on any atom is 0.307 e. The Kier molecular flexibility index (Phi) is 5.41. The van der Waals surface area contributed by atoms with E-state index < -0.39 is 7.05 Å². The molecular formula is C19H17ClNP. The fourth-order valence-electron chi connectivity index (χ4n) is 2.62. The van der Waals surface area contributed by atoms with Crippen LogP contribution >= 0.6 is 7.05 Å². The molecule has 3 aromatic rings. The van der Waals surface area contributed by atoms with Gasteiger partial charge in [0.15, 0.2) is 0 Å². The topological polar surface area (TPSA) is 14.1 Å². The molecule has 0 fully saturated rings. The van der Waals surface area contributed by atoms with Crippen molar-refractivity contribution in [3.63, 3.8) is 0 Å². The molecule has 0 amide bonds. The summed E-state index contributed by atoms with van der Waals surface area (Å²) in [6.45, 7) is 3.96. The van der Waals surface area contributed by atoms with Crippen molar-refractivity contribution in [2.75, 3.05) is 0 Å². The second-order valence-electron chi connectivity index (χ2n) is 4.78. The van der Waals surface area contributed by atoms with E-state index in [0.29, 0.717) is 0 Å². The van der Waals surface area contributed by atoms with Gasteiger partial charge in [-0.3, -0.25) is 0 Å². The molecular weight excluding hydrogens is 309 g/mol. The van der Waals surface area contributed by atoms with Crippen LogP contribution in [0.4, 0.5) is 0 Å². The molecule has 3 aromatic carbocycles. The molecule has 0 aliphatic carbocycles. The molecule has 0 saturated carbocycles. The summed E-state index contributed by atoms with van der Waals surface area (Å²) >= 11 is 0. The number of nitrogens with zero attached hydrogens (tertiary/aromatic N) is 1. The minimum Gasteiger partial charge on any atom is -1.00 e. The summed E-state index contributed by atoms with van der Waals surface area (Å²) in [6, 6.07) is 31.5. The Hall–Kier alpha value is -2.04. The van der Waals surface area contributed by atoms with Gasteiger partial charge in [0.1, 0.15) is 0 Å². The molecule has 0 aliphatic rings. The lowest BCUT2D eigenvalue weighted by atomic mass is 10.4. The minimum atomic E-state index is -2.02. The second-order valence-corrected chi connectivity index (χ2v) is 7.89. The Morgan fingerprint density at radius 2 is 0.818 bits per heavy atom. The maximum atomic E-state index is 4.69. The number of hydrogen-bond donors (Lipinski definition) is 0. The van der Waals surface area contributed by atoms with Gasteiger partial charge in [0.05, 0.1) is 15.9 Å². The maximum absolute atomic E-state index is 4.69. The molecule has 0 aromatic heterocycles. The molecule has 22 heavy (non-hydrogen) atoms. The third kappa shape index (κ3) is 2.80. The van der Waals surface area contributed by atoms with Crippen molar-refractivity contribution in [2.45, 2.75) is 0 Å². The van der Waals surface area contributed by atoms with Gasteiger partial charge in [-0.05, 0) is 36.4 Å². The molecule has 0 saturated heterocycles. The lowest BCUT2D eigenvalue weighted by molar-refractivity contribution is -0.00000410. The summed E-state index contributed by atoms with van der Waals surface area (Å²) in [7, 11) is -2.02. The van der Waals surface area contributed by atoms with Crippen molar-refractivity contribution in [2.24, 2.45) is 0 Å². The van der Waals surface area contributed by atoms with Gasteiger partial charge in [-0.25, -0.2) is 0 Å². The highest BCUT2D eigenvalue weighted by atomic mass is 35.5. The average molecular weight is 326 g/mol. The van der Waals surface area contributed by atoms with Gasteiger partial charge in [0, 0.05) is 0 Å². The SMILES string of the molecule is C=[N+]=P(c1ccccc1)(c1ccccc1)c1ccccc1.[Cl-]. The zero-order valence-electron chi connectivity index (χ0n) is 12.1. The molecule has 0 radical (unpaired) electrons. The fourth-order valence-corrected chi connectivity index (χ4v) is 5.82. The molecule has 3 heteroatoms. The van der Waals surface area contributed by atoms with Gasteiger partial charge in [-0.15, -0.1) is 4.42 Å². The molecule has 1 nitrogen and oxygen atoms in total. The van der Waals surface area contributed by atoms with Crippen LogP contribution in [0.1, 0.15) is 0 Å². The highest BCUT2D eigenvalue weighted by Gasteiger charge is 2.36. The van der Waals surface area contributed by atoms with Crippen molar-refractivity contribution in [3.05, 3.63) is 91.0 Å². The van der Waals surface area contributed by atoms with Gasteiger partial charge in [-0.1, -0.05) is 54.6 Å². The number of hydrogen-bond acceptors (Lipinski definition) is 0. The monoisotopic (exact) mass is 325 g/mol. The highest BCUT2D eigenvalue weighted by molar-refractivity contribution is 7.87. The standard InChI is InChI=1S/C19H17NP.ClH/c1-20-21(17-11-5-2-6-12-17,18-13-7-3-8-14-18)19-15-9-4-10-16-19;/h2-16H,1H2;1H/q+1;/p-1. The molecule has 0 aliphatic heterocycles. The van der Waals surface area contributed by atoms with Crippen LogP contribution in [0.2, 0.25) is 0 Å². The van der Waals surface area contributed by atoms with Crippen molar-refractivity contribution < 1.29 is 12.4 Å². The Morgan fingerprint density at radius 1 is 0.545 bits per heavy atom. The molecule has 3 rings (SSSR count). The number of halogens is 1. The van der Waals surface area contributed by atoms with Crippen molar-refractivity contribution in [1.82, 2.24) is 4.42 Å². The molecule has 0 atom stereocenters. The summed E-state index contributed by atoms with van der Waals surface area (Å²) in [5, 5.41) is 3.70. The Balaban J connectivity index is 0.00000176. The van der Waals surface area contributed by atoms with Gasteiger partial charge in [-0.2, -0.15) is 0 Å². The van der Waals surface area contributed by atoms with E-state index in [1.54, 1.807) is 0 Å². The smallest absolute Gasteiger partial charge is 0.307 e. The third-order valence-corrected chi connectivity index (χ3v) is 7.16. The zero-order chi connectivity index (χ0) is 14.5. The largest absolute Gasteiger partial charge is 1.00 e. The molecule has 0 heterocycles. The van der Waals surface area contributed by atoms with Crippen molar-refractivity contribution in [3.8, 4) is 0 Å². The summed E-state index contributed by atoms with van der Waals surface area (Å²) in [5.41, 5.74) is 0. The minimum absolute atomic E-state index is 0. The predicted molar refractivity (Wildman–Crippen MR) is 94.4 cm³/mol. The molecule has 0 unspecified atom stereocenters. The quantitative estimate of drug-likeness (QED) is 0.364. The molecule has 0 N–H and O–H groups in total. The number of benzene rings is 3. The van der Waals surface area contributed by atoms with Crippen molar-refractivity contribution >= 4 is 29.7 Å². The first kappa shape index (κ1) is 16.3. The van der Waals surface area contributed by atoms with Gasteiger partial charge in [0.25, 0.3) is 6.72 Å². The first-order valence-electron chi connectivity index (χ1n) is 6.92. The van der Waals surface area contributed by atoms with E-state index in [1.807, 2.05) is 18.2 Å². The Labute approximate surface area is 137 Å². The zero-order valence-corrected chi connectivity index (χ0v) is 13.8. The Bertz CT molecular complexity index is 691. The summed E-state index contributed by atoms with van der Waals surface area (Å²) < 4.78 is 4.69. The highest BCUT2D eigenvalue weighted by Crippen LogP contribution is 2.41. The van der Waals surface area contributed by atoms with E-state index in [4.69, 9.17) is 4.42 Å². The lowest BCUT2D eigenvalue weighted by Crippen LogP contribution is -3.00.